The number of nitriles is 1. The average Bonchev–Trinajstić information content (AvgIpc) is 2.78. The van der Waals surface area contributed by atoms with Gasteiger partial charge in [0, 0.05) is 17.8 Å². The molecule has 3 aromatic rings. The van der Waals surface area contributed by atoms with E-state index in [0.29, 0.717) is 17.0 Å². The summed E-state index contributed by atoms with van der Waals surface area (Å²) in [5.41, 5.74) is 1.55. The minimum atomic E-state index is -0.604. The molecule has 0 unspecified atom stereocenters. The van der Waals surface area contributed by atoms with Crippen LogP contribution in [-0.4, -0.2) is 15.9 Å². The zero-order valence-corrected chi connectivity index (χ0v) is 17.2. The van der Waals surface area contributed by atoms with Gasteiger partial charge in [-0.25, -0.2) is 0 Å². The Balaban J connectivity index is 1.67. The molecule has 0 heterocycles. The molecule has 32 heavy (non-hydrogen) atoms. The first kappa shape index (κ1) is 22.3. The minimum absolute atomic E-state index is 0.00864. The summed E-state index contributed by atoms with van der Waals surface area (Å²) in [5.74, 6) is -0.161. The van der Waals surface area contributed by atoms with Crippen LogP contribution in [0.2, 0.25) is 5.02 Å². The van der Waals surface area contributed by atoms with Crippen LogP contribution in [0.4, 0.5) is 11.4 Å². The van der Waals surface area contributed by atoms with Crippen molar-refractivity contribution in [1.82, 2.24) is 0 Å². The molecule has 0 fully saturated rings. The Labute approximate surface area is 188 Å². The Morgan fingerprint density at radius 3 is 2.44 bits per heavy atom. The summed E-state index contributed by atoms with van der Waals surface area (Å²) >= 11 is 6.26. The van der Waals surface area contributed by atoms with Crippen LogP contribution in [0, 0.1) is 21.4 Å². The molecule has 0 aliphatic heterocycles. The average molecular weight is 450 g/mol. The molecular formula is C23H16ClN3O5. The maximum atomic E-state index is 12.3. The number of benzene rings is 3. The Morgan fingerprint density at radius 1 is 1.16 bits per heavy atom. The summed E-state index contributed by atoms with van der Waals surface area (Å²) in [7, 11) is 0. The number of halogens is 1. The van der Waals surface area contributed by atoms with Gasteiger partial charge in [-0.3, -0.25) is 14.9 Å². The quantitative estimate of drug-likeness (QED) is 0.170. The third-order valence-electron chi connectivity index (χ3n) is 4.30. The fourth-order valence-corrected chi connectivity index (χ4v) is 2.90. The molecule has 0 atom stereocenters. The van der Waals surface area contributed by atoms with Crippen molar-refractivity contribution in [2.24, 2.45) is 0 Å². The first-order valence-electron chi connectivity index (χ1n) is 9.23. The van der Waals surface area contributed by atoms with E-state index in [9.17, 15) is 25.3 Å². The van der Waals surface area contributed by atoms with Gasteiger partial charge < -0.3 is 15.2 Å². The van der Waals surface area contributed by atoms with Crippen LogP contribution in [0.15, 0.2) is 72.3 Å². The van der Waals surface area contributed by atoms with E-state index in [-0.39, 0.29) is 28.6 Å². The number of anilines is 1. The molecule has 0 aliphatic carbocycles. The van der Waals surface area contributed by atoms with Crippen molar-refractivity contribution in [3.63, 3.8) is 0 Å². The zero-order chi connectivity index (χ0) is 23.1. The summed E-state index contributed by atoms with van der Waals surface area (Å²) in [6.45, 7) is 0.158. The van der Waals surface area contributed by atoms with E-state index in [1.54, 1.807) is 30.3 Å². The lowest BCUT2D eigenvalue weighted by Gasteiger charge is -2.09. The van der Waals surface area contributed by atoms with E-state index in [0.717, 1.165) is 5.56 Å². The number of rotatable bonds is 7. The second-order valence-corrected chi connectivity index (χ2v) is 6.98. The normalized spacial score (nSPS) is 10.8. The van der Waals surface area contributed by atoms with E-state index in [1.807, 2.05) is 6.07 Å². The van der Waals surface area contributed by atoms with Gasteiger partial charge in [0.25, 0.3) is 11.6 Å². The topological polar surface area (TPSA) is 125 Å². The van der Waals surface area contributed by atoms with Crippen LogP contribution < -0.4 is 10.1 Å². The van der Waals surface area contributed by atoms with Gasteiger partial charge in [0.2, 0.25) is 0 Å². The molecule has 8 nitrogen and oxygen atoms in total. The number of nitrogens with zero attached hydrogens (tertiary/aromatic N) is 2. The van der Waals surface area contributed by atoms with Crippen molar-refractivity contribution in [2.75, 3.05) is 5.32 Å². The molecule has 1 amide bonds. The van der Waals surface area contributed by atoms with E-state index < -0.39 is 10.8 Å². The number of hydrogen-bond acceptors (Lipinski definition) is 6. The van der Waals surface area contributed by atoms with Gasteiger partial charge in [0.1, 0.15) is 29.7 Å². The van der Waals surface area contributed by atoms with Crippen molar-refractivity contribution < 1.29 is 19.6 Å². The van der Waals surface area contributed by atoms with Crippen LogP contribution in [0.3, 0.4) is 0 Å². The number of nitro groups is 1. The Morgan fingerprint density at radius 2 is 1.84 bits per heavy atom. The SMILES string of the molecule is N#C/C(=C\c1ccc(OCc2ccc([N+](=O)[O-])cc2)c(Cl)c1)C(=O)Nc1ccc(O)cc1. The largest absolute Gasteiger partial charge is 0.508 e. The predicted octanol–water partition coefficient (Wildman–Crippen LogP) is 5.08. The number of nitrogens with one attached hydrogen (secondary N) is 1. The fraction of sp³-hybridized carbons (Fsp3) is 0.0435. The molecule has 3 rings (SSSR count). The molecule has 0 bridgehead atoms. The van der Waals surface area contributed by atoms with Gasteiger partial charge >= 0.3 is 0 Å². The van der Waals surface area contributed by atoms with Gasteiger partial charge in [-0.1, -0.05) is 17.7 Å². The maximum absolute atomic E-state index is 12.3. The van der Waals surface area contributed by atoms with Crippen LogP contribution in [0.5, 0.6) is 11.5 Å². The Kier molecular flexibility index (Phi) is 7.06. The second-order valence-electron chi connectivity index (χ2n) is 6.57. The van der Waals surface area contributed by atoms with Crippen LogP contribution in [-0.2, 0) is 11.4 Å². The smallest absolute Gasteiger partial charge is 0.269 e. The maximum Gasteiger partial charge on any atom is 0.269 e. The van der Waals surface area contributed by atoms with Gasteiger partial charge in [0.15, 0.2) is 0 Å². The predicted molar refractivity (Wildman–Crippen MR) is 119 cm³/mol. The lowest BCUT2D eigenvalue weighted by atomic mass is 10.1. The fourth-order valence-electron chi connectivity index (χ4n) is 2.66. The molecule has 9 heteroatoms. The van der Waals surface area contributed by atoms with Gasteiger partial charge in [-0.15, -0.1) is 0 Å². The monoisotopic (exact) mass is 449 g/mol. The number of phenols is 1. The van der Waals surface area contributed by atoms with Crippen molar-refractivity contribution in [3.05, 3.63) is 98.6 Å². The molecule has 0 radical (unpaired) electrons. The highest BCUT2D eigenvalue weighted by molar-refractivity contribution is 6.32. The first-order valence-corrected chi connectivity index (χ1v) is 9.61. The van der Waals surface area contributed by atoms with Crippen molar-refractivity contribution in [1.29, 1.82) is 5.26 Å². The Hall–Kier alpha value is -4.35. The molecule has 160 valence electrons. The van der Waals surface area contributed by atoms with Crippen molar-refractivity contribution in [3.8, 4) is 17.6 Å². The number of hydrogen-bond donors (Lipinski definition) is 2. The number of carbonyl (C=O) groups excluding carboxylic acids is 1. The van der Waals surface area contributed by atoms with E-state index >= 15 is 0 Å². The summed E-state index contributed by atoms with van der Waals surface area (Å²) in [5, 5.41) is 32.2. The molecular weight excluding hydrogens is 434 g/mol. The lowest BCUT2D eigenvalue weighted by molar-refractivity contribution is -0.384. The number of ether oxygens (including phenoxy) is 1. The number of non-ortho nitro benzene ring substituents is 1. The van der Waals surface area contributed by atoms with E-state index in [1.165, 1.54) is 42.5 Å². The standard InChI is InChI=1S/C23H16ClN3O5/c24-21-12-16(11-17(13-25)23(29)26-18-4-8-20(28)9-5-18)3-10-22(21)32-14-15-1-6-19(7-2-15)27(30)31/h1-12,28H,14H2,(H,26,29)/b17-11+. The number of phenolic OH excluding ortho intramolecular Hbond substituents is 1. The highest BCUT2D eigenvalue weighted by atomic mass is 35.5. The summed E-state index contributed by atoms with van der Waals surface area (Å²) in [6, 6.07) is 18.5. The number of carbonyl (C=O) groups is 1. The van der Waals surface area contributed by atoms with Gasteiger partial charge in [0.05, 0.1) is 9.95 Å². The zero-order valence-electron chi connectivity index (χ0n) is 16.5. The summed E-state index contributed by atoms with van der Waals surface area (Å²) in [6.07, 6.45) is 1.39. The third-order valence-corrected chi connectivity index (χ3v) is 4.59. The highest BCUT2D eigenvalue weighted by Gasteiger charge is 2.11. The van der Waals surface area contributed by atoms with Crippen LogP contribution >= 0.6 is 11.6 Å². The number of amides is 1. The number of aromatic hydroxyl groups is 1. The summed E-state index contributed by atoms with van der Waals surface area (Å²) in [4.78, 5) is 22.6. The molecule has 0 aliphatic rings. The van der Waals surface area contributed by atoms with E-state index in [2.05, 4.69) is 5.32 Å². The highest BCUT2D eigenvalue weighted by Crippen LogP contribution is 2.27. The first-order chi connectivity index (χ1) is 15.4. The van der Waals surface area contributed by atoms with Crippen molar-refractivity contribution >= 4 is 35.0 Å². The minimum Gasteiger partial charge on any atom is -0.508 e. The molecule has 0 saturated heterocycles. The number of nitro benzene ring substituents is 1. The van der Waals surface area contributed by atoms with Crippen LogP contribution in [0.1, 0.15) is 11.1 Å². The molecule has 0 spiro atoms. The second kappa shape index (κ2) is 10.1. The molecule has 3 aromatic carbocycles. The van der Waals surface area contributed by atoms with E-state index in [4.69, 9.17) is 16.3 Å². The molecule has 0 aromatic heterocycles. The molecule has 2 N–H and O–H groups in total. The van der Waals surface area contributed by atoms with Gasteiger partial charge in [-0.05, 0) is 65.7 Å². The van der Waals surface area contributed by atoms with Crippen molar-refractivity contribution in [2.45, 2.75) is 6.61 Å². The third kappa shape index (κ3) is 5.84. The molecule has 0 saturated carbocycles. The summed E-state index contributed by atoms with van der Waals surface area (Å²) < 4.78 is 5.66. The van der Waals surface area contributed by atoms with Crippen LogP contribution in [0.25, 0.3) is 6.08 Å². The Bertz CT molecular complexity index is 1220. The van der Waals surface area contributed by atoms with Gasteiger partial charge in [-0.2, -0.15) is 5.26 Å². The lowest BCUT2D eigenvalue weighted by Crippen LogP contribution is -2.13.